The number of nitrogens with two attached hydrogens (primary N) is 1. The predicted molar refractivity (Wildman–Crippen MR) is 67.9 cm³/mol. The number of amides is 1. The Labute approximate surface area is 106 Å². The number of hydrogen-bond donors (Lipinski definition) is 2. The maximum atomic E-state index is 11.9. The minimum Gasteiger partial charge on any atom is -0.325 e. The molecule has 1 saturated carbocycles. The third-order valence-electron chi connectivity index (χ3n) is 3.46. The minimum absolute atomic E-state index is 0.135. The lowest BCUT2D eigenvalue weighted by Gasteiger charge is -2.22. The molecule has 1 aromatic rings. The zero-order valence-electron chi connectivity index (χ0n) is 10.9. The molecule has 0 bridgehead atoms. The molecule has 1 aliphatic carbocycles. The van der Waals surface area contributed by atoms with E-state index in [9.17, 15) is 4.79 Å². The molecule has 0 unspecified atom stereocenters. The first-order valence-electron chi connectivity index (χ1n) is 6.25. The Kier molecular flexibility index (Phi) is 3.56. The van der Waals surface area contributed by atoms with Crippen molar-refractivity contribution >= 4 is 11.9 Å². The fourth-order valence-corrected chi connectivity index (χ4v) is 2.25. The zero-order valence-corrected chi connectivity index (χ0v) is 10.9. The molecule has 3 N–H and O–H groups in total. The van der Waals surface area contributed by atoms with Gasteiger partial charge in [0.2, 0.25) is 11.9 Å². The summed E-state index contributed by atoms with van der Waals surface area (Å²) >= 11 is 0. The highest BCUT2D eigenvalue weighted by Gasteiger charge is 2.31. The van der Waals surface area contributed by atoms with Crippen molar-refractivity contribution in [1.29, 1.82) is 0 Å². The summed E-state index contributed by atoms with van der Waals surface area (Å²) in [5, 5.41) is 10.4. The summed E-state index contributed by atoms with van der Waals surface area (Å²) < 4.78 is 0. The summed E-state index contributed by atoms with van der Waals surface area (Å²) in [6.45, 7) is 3.66. The van der Waals surface area contributed by atoms with Crippen LogP contribution in [0.25, 0.3) is 0 Å². The van der Waals surface area contributed by atoms with E-state index in [-0.39, 0.29) is 17.4 Å². The van der Waals surface area contributed by atoms with Crippen LogP contribution in [0.15, 0.2) is 0 Å². The summed E-state index contributed by atoms with van der Waals surface area (Å²) in [6.07, 6.45) is 4.35. The Morgan fingerprint density at radius 1 is 1.28 bits per heavy atom. The molecule has 0 aliphatic heterocycles. The fourth-order valence-electron chi connectivity index (χ4n) is 2.25. The van der Waals surface area contributed by atoms with Gasteiger partial charge in [-0.3, -0.25) is 10.1 Å². The van der Waals surface area contributed by atoms with Crippen molar-refractivity contribution in [3.05, 3.63) is 11.4 Å². The smallest absolute Gasteiger partial charge is 0.249 e. The minimum atomic E-state index is -0.350. The van der Waals surface area contributed by atoms with Crippen molar-refractivity contribution in [2.45, 2.75) is 51.5 Å². The number of aryl methyl sites for hydroxylation is 2. The molecule has 1 fully saturated rings. The van der Waals surface area contributed by atoms with Gasteiger partial charge in [0.1, 0.15) is 0 Å². The lowest BCUT2D eigenvalue weighted by atomic mass is 9.94. The monoisotopic (exact) mass is 249 g/mol. The van der Waals surface area contributed by atoms with E-state index in [2.05, 4.69) is 20.5 Å². The second-order valence-corrected chi connectivity index (χ2v) is 5.10. The van der Waals surface area contributed by atoms with Gasteiger partial charge >= 0.3 is 0 Å². The Morgan fingerprint density at radius 3 is 2.56 bits per heavy atom. The van der Waals surface area contributed by atoms with E-state index in [1.54, 1.807) is 0 Å². The molecule has 1 aromatic heterocycles. The van der Waals surface area contributed by atoms with Gasteiger partial charge < -0.3 is 5.73 Å². The number of carbonyl (C=O) groups is 1. The molecule has 18 heavy (non-hydrogen) atoms. The van der Waals surface area contributed by atoms with Crippen LogP contribution in [-0.2, 0) is 4.79 Å². The second-order valence-electron chi connectivity index (χ2n) is 5.10. The van der Waals surface area contributed by atoms with Crippen LogP contribution in [0.3, 0.4) is 0 Å². The van der Waals surface area contributed by atoms with E-state index in [1.807, 2.05) is 13.8 Å². The number of nitrogens with one attached hydrogen (secondary N) is 1. The normalized spacial score (nSPS) is 17.7. The van der Waals surface area contributed by atoms with Crippen LogP contribution in [0.4, 0.5) is 5.95 Å². The van der Waals surface area contributed by atoms with Crippen LogP contribution in [0.5, 0.6) is 0 Å². The highest BCUT2D eigenvalue weighted by atomic mass is 16.1. The molecule has 0 spiro atoms. The topological polar surface area (TPSA) is 93.8 Å². The van der Waals surface area contributed by atoms with Crippen LogP contribution < -0.4 is 11.1 Å². The van der Waals surface area contributed by atoms with Crippen LogP contribution in [0.1, 0.15) is 43.5 Å². The summed E-state index contributed by atoms with van der Waals surface area (Å²) in [7, 11) is 0. The van der Waals surface area contributed by atoms with Gasteiger partial charge in [-0.25, -0.2) is 4.98 Å². The number of rotatable bonds is 3. The largest absolute Gasteiger partial charge is 0.325 e. The van der Waals surface area contributed by atoms with Gasteiger partial charge in [-0.05, 0) is 26.7 Å². The van der Waals surface area contributed by atoms with Gasteiger partial charge in [0.25, 0.3) is 0 Å². The van der Waals surface area contributed by atoms with Crippen molar-refractivity contribution in [2.24, 2.45) is 5.73 Å². The lowest BCUT2D eigenvalue weighted by molar-refractivity contribution is -0.117. The Hall–Kier alpha value is -1.56. The van der Waals surface area contributed by atoms with Crippen LogP contribution >= 0.6 is 0 Å². The molecule has 1 aliphatic rings. The molecule has 0 aromatic carbocycles. The van der Waals surface area contributed by atoms with Gasteiger partial charge in [0.15, 0.2) is 0 Å². The molecule has 98 valence electrons. The molecule has 0 saturated heterocycles. The quantitative estimate of drug-likeness (QED) is 0.836. The predicted octanol–water partition coefficient (Wildman–Crippen LogP) is 1.09. The molecular formula is C12H19N5O. The third kappa shape index (κ3) is 3.01. The molecular weight excluding hydrogens is 230 g/mol. The van der Waals surface area contributed by atoms with Gasteiger partial charge in [-0.1, -0.05) is 12.8 Å². The molecule has 0 radical (unpaired) electrons. The third-order valence-corrected chi connectivity index (χ3v) is 3.46. The standard InChI is InChI=1S/C12H19N5O/c1-8-9(2)16-17-11(14-8)15-10(18)7-12(13)5-3-4-6-12/h3-7,13H2,1-2H3,(H,14,15,17,18). The van der Waals surface area contributed by atoms with Crippen molar-refractivity contribution in [3.63, 3.8) is 0 Å². The highest BCUT2D eigenvalue weighted by molar-refractivity contribution is 5.89. The van der Waals surface area contributed by atoms with Crippen LogP contribution in [0.2, 0.25) is 0 Å². The summed E-state index contributed by atoms with van der Waals surface area (Å²) in [6, 6.07) is 0. The Morgan fingerprint density at radius 2 is 1.94 bits per heavy atom. The maximum absolute atomic E-state index is 11.9. The molecule has 1 heterocycles. The SMILES string of the molecule is Cc1nnc(NC(=O)CC2(N)CCCC2)nc1C. The number of anilines is 1. The average molecular weight is 249 g/mol. The van der Waals surface area contributed by atoms with E-state index >= 15 is 0 Å². The maximum Gasteiger partial charge on any atom is 0.249 e. The van der Waals surface area contributed by atoms with E-state index < -0.39 is 0 Å². The zero-order chi connectivity index (χ0) is 13.2. The first kappa shape index (κ1) is 12.9. The number of hydrogen-bond acceptors (Lipinski definition) is 5. The van der Waals surface area contributed by atoms with Crippen LogP contribution in [-0.4, -0.2) is 26.6 Å². The number of carbonyl (C=O) groups excluding carboxylic acids is 1. The molecule has 0 atom stereocenters. The molecule has 1 amide bonds. The van der Waals surface area contributed by atoms with Crippen LogP contribution in [0, 0.1) is 13.8 Å². The van der Waals surface area contributed by atoms with E-state index in [0.717, 1.165) is 37.1 Å². The number of aromatic nitrogens is 3. The first-order chi connectivity index (χ1) is 8.48. The van der Waals surface area contributed by atoms with Crippen molar-refractivity contribution in [3.8, 4) is 0 Å². The van der Waals surface area contributed by atoms with Gasteiger partial charge in [-0.15, -0.1) is 5.10 Å². The van der Waals surface area contributed by atoms with E-state index in [0.29, 0.717) is 6.42 Å². The molecule has 6 heteroatoms. The van der Waals surface area contributed by atoms with E-state index in [4.69, 9.17) is 5.73 Å². The summed E-state index contributed by atoms with van der Waals surface area (Å²) in [5.74, 6) is 0.120. The Balaban J connectivity index is 1.96. The number of nitrogens with zero attached hydrogens (tertiary/aromatic N) is 3. The average Bonchev–Trinajstić information content (AvgIpc) is 2.70. The summed E-state index contributed by atoms with van der Waals surface area (Å²) in [4.78, 5) is 16.0. The first-order valence-corrected chi connectivity index (χ1v) is 6.25. The van der Waals surface area contributed by atoms with E-state index in [1.165, 1.54) is 0 Å². The van der Waals surface area contributed by atoms with Crippen molar-refractivity contribution in [1.82, 2.24) is 15.2 Å². The second kappa shape index (κ2) is 4.97. The van der Waals surface area contributed by atoms with Crippen molar-refractivity contribution < 1.29 is 4.79 Å². The molecule has 2 rings (SSSR count). The van der Waals surface area contributed by atoms with Gasteiger partial charge in [0, 0.05) is 12.0 Å². The highest BCUT2D eigenvalue weighted by Crippen LogP contribution is 2.30. The van der Waals surface area contributed by atoms with Crippen molar-refractivity contribution in [2.75, 3.05) is 5.32 Å². The Bertz CT molecular complexity index is 454. The van der Waals surface area contributed by atoms with Gasteiger partial charge in [-0.2, -0.15) is 5.10 Å². The lowest BCUT2D eigenvalue weighted by Crippen LogP contribution is -2.40. The van der Waals surface area contributed by atoms with Gasteiger partial charge in [0.05, 0.1) is 11.4 Å². The molecule has 6 nitrogen and oxygen atoms in total. The fraction of sp³-hybridized carbons (Fsp3) is 0.667. The summed E-state index contributed by atoms with van der Waals surface area (Å²) in [5.41, 5.74) is 7.33.